The van der Waals surface area contributed by atoms with Gasteiger partial charge in [0.2, 0.25) is 5.91 Å². The third kappa shape index (κ3) is 9.81. The molecule has 1 aliphatic heterocycles. The normalized spacial score (nSPS) is 17.4. The zero-order chi connectivity index (χ0) is 13.2. The molecule has 1 unspecified atom stereocenters. The SMILES string of the molecule is CCCN(CC)CCNC(=O)CCC1CCNC1.Cl.Cl. The molecule has 20 heavy (non-hydrogen) atoms. The first kappa shape index (κ1) is 22.3. The van der Waals surface area contributed by atoms with Crippen LogP contribution in [0, 0.1) is 5.92 Å². The third-order valence-electron chi connectivity index (χ3n) is 3.68. The molecule has 1 amide bonds. The van der Waals surface area contributed by atoms with Gasteiger partial charge in [0.05, 0.1) is 0 Å². The van der Waals surface area contributed by atoms with E-state index in [4.69, 9.17) is 0 Å². The van der Waals surface area contributed by atoms with E-state index in [-0.39, 0.29) is 30.7 Å². The van der Waals surface area contributed by atoms with E-state index in [9.17, 15) is 4.79 Å². The number of carbonyl (C=O) groups excluding carboxylic acids is 1. The van der Waals surface area contributed by atoms with Gasteiger partial charge in [-0.25, -0.2) is 0 Å². The minimum atomic E-state index is 0. The zero-order valence-electron chi connectivity index (χ0n) is 12.8. The molecule has 1 rings (SSSR count). The Bertz CT molecular complexity index is 236. The van der Waals surface area contributed by atoms with Crippen LogP contribution in [0.5, 0.6) is 0 Å². The van der Waals surface area contributed by atoms with Crippen LogP contribution < -0.4 is 10.6 Å². The van der Waals surface area contributed by atoms with Crippen molar-refractivity contribution in [3.63, 3.8) is 0 Å². The quantitative estimate of drug-likeness (QED) is 0.681. The molecule has 0 bridgehead atoms. The topological polar surface area (TPSA) is 44.4 Å². The minimum Gasteiger partial charge on any atom is -0.355 e. The summed E-state index contributed by atoms with van der Waals surface area (Å²) in [6, 6.07) is 0. The van der Waals surface area contributed by atoms with E-state index in [0.717, 1.165) is 45.7 Å². The second kappa shape index (κ2) is 13.9. The molecule has 1 heterocycles. The van der Waals surface area contributed by atoms with Crippen molar-refractivity contribution in [1.29, 1.82) is 0 Å². The molecule has 1 atom stereocenters. The van der Waals surface area contributed by atoms with E-state index >= 15 is 0 Å². The lowest BCUT2D eigenvalue weighted by atomic mass is 10.0. The van der Waals surface area contributed by atoms with Crippen LogP contribution in [0.3, 0.4) is 0 Å². The summed E-state index contributed by atoms with van der Waals surface area (Å²) in [7, 11) is 0. The van der Waals surface area contributed by atoms with Crippen molar-refractivity contribution in [2.45, 2.75) is 39.5 Å². The molecule has 6 heteroatoms. The highest BCUT2D eigenvalue weighted by atomic mass is 35.5. The van der Waals surface area contributed by atoms with Crippen LogP contribution in [0.15, 0.2) is 0 Å². The van der Waals surface area contributed by atoms with Crippen LogP contribution in [0.2, 0.25) is 0 Å². The predicted molar refractivity (Wildman–Crippen MR) is 90.1 cm³/mol. The zero-order valence-corrected chi connectivity index (χ0v) is 14.5. The summed E-state index contributed by atoms with van der Waals surface area (Å²) >= 11 is 0. The largest absolute Gasteiger partial charge is 0.355 e. The summed E-state index contributed by atoms with van der Waals surface area (Å²) in [6.07, 6.45) is 4.13. The molecule has 122 valence electrons. The molecule has 0 aliphatic carbocycles. The van der Waals surface area contributed by atoms with Gasteiger partial charge < -0.3 is 15.5 Å². The van der Waals surface area contributed by atoms with Gasteiger partial charge >= 0.3 is 0 Å². The maximum absolute atomic E-state index is 11.7. The Kier molecular flexibility index (Phi) is 15.5. The molecule has 0 radical (unpaired) electrons. The van der Waals surface area contributed by atoms with Gasteiger partial charge in [-0.1, -0.05) is 13.8 Å². The molecule has 0 aromatic carbocycles. The molecule has 0 aromatic rings. The molecule has 2 N–H and O–H groups in total. The van der Waals surface area contributed by atoms with Gasteiger partial charge in [-0.05, 0) is 51.4 Å². The first-order valence-electron chi connectivity index (χ1n) is 7.46. The Hall–Kier alpha value is -0.0300. The molecule has 0 aromatic heterocycles. The lowest BCUT2D eigenvalue weighted by Gasteiger charge is -2.19. The van der Waals surface area contributed by atoms with Crippen molar-refractivity contribution in [2.24, 2.45) is 5.92 Å². The van der Waals surface area contributed by atoms with Crippen molar-refractivity contribution in [2.75, 3.05) is 39.3 Å². The maximum Gasteiger partial charge on any atom is 0.220 e. The van der Waals surface area contributed by atoms with Crippen LogP contribution in [0.4, 0.5) is 0 Å². The van der Waals surface area contributed by atoms with E-state index in [1.165, 1.54) is 12.8 Å². The fraction of sp³-hybridized carbons (Fsp3) is 0.929. The number of amides is 1. The van der Waals surface area contributed by atoms with E-state index < -0.39 is 0 Å². The Morgan fingerprint density at radius 2 is 2.05 bits per heavy atom. The Labute approximate surface area is 136 Å². The second-order valence-electron chi connectivity index (χ2n) is 5.18. The highest BCUT2D eigenvalue weighted by molar-refractivity contribution is 5.85. The number of hydrogen-bond acceptors (Lipinski definition) is 3. The van der Waals surface area contributed by atoms with Gasteiger partial charge in [-0.15, -0.1) is 24.8 Å². The molecule has 0 saturated carbocycles. The maximum atomic E-state index is 11.7. The molecule has 0 spiro atoms. The van der Waals surface area contributed by atoms with E-state index in [0.29, 0.717) is 12.3 Å². The first-order chi connectivity index (χ1) is 8.76. The van der Waals surface area contributed by atoms with Gasteiger partial charge in [-0.3, -0.25) is 4.79 Å². The highest BCUT2D eigenvalue weighted by Crippen LogP contribution is 2.13. The Balaban J connectivity index is 0. The van der Waals surface area contributed by atoms with Gasteiger partial charge in [0, 0.05) is 19.5 Å². The lowest BCUT2D eigenvalue weighted by molar-refractivity contribution is -0.121. The molecule has 1 fully saturated rings. The van der Waals surface area contributed by atoms with Gasteiger partial charge in [0.25, 0.3) is 0 Å². The fourth-order valence-corrected chi connectivity index (χ4v) is 2.48. The van der Waals surface area contributed by atoms with E-state index in [2.05, 4.69) is 29.4 Å². The third-order valence-corrected chi connectivity index (χ3v) is 3.68. The monoisotopic (exact) mass is 327 g/mol. The fourth-order valence-electron chi connectivity index (χ4n) is 2.48. The number of likely N-dealkylation sites (N-methyl/N-ethyl adjacent to an activating group) is 1. The average Bonchev–Trinajstić information content (AvgIpc) is 2.88. The standard InChI is InChI=1S/C14H29N3O.2ClH/c1-3-10-17(4-2)11-9-16-14(18)6-5-13-7-8-15-12-13;;/h13,15H,3-12H2,1-2H3,(H,16,18);2*1H. The molecule has 4 nitrogen and oxygen atoms in total. The number of rotatable bonds is 9. The van der Waals surface area contributed by atoms with Crippen LogP contribution in [0.1, 0.15) is 39.5 Å². The number of halogens is 2. The van der Waals surface area contributed by atoms with E-state index in [1.807, 2.05) is 0 Å². The minimum absolute atomic E-state index is 0. The van der Waals surface area contributed by atoms with Crippen LogP contribution in [-0.4, -0.2) is 50.1 Å². The molecule has 1 aliphatic rings. The Morgan fingerprint density at radius 3 is 2.60 bits per heavy atom. The summed E-state index contributed by atoms with van der Waals surface area (Å²) in [4.78, 5) is 14.1. The molecular formula is C14H31Cl2N3O. The van der Waals surface area contributed by atoms with Gasteiger partial charge in [0.15, 0.2) is 0 Å². The van der Waals surface area contributed by atoms with Gasteiger partial charge in [-0.2, -0.15) is 0 Å². The van der Waals surface area contributed by atoms with Crippen molar-refractivity contribution in [3.05, 3.63) is 0 Å². The summed E-state index contributed by atoms with van der Waals surface area (Å²) in [6.45, 7) is 10.5. The second-order valence-corrected chi connectivity index (χ2v) is 5.18. The summed E-state index contributed by atoms with van der Waals surface area (Å²) in [5.74, 6) is 0.928. The number of hydrogen-bond donors (Lipinski definition) is 2. The number of nitrogens with one attached hydrogen (secondary N) is 2. The number of nitrogens with zero attached hydrogens (tertiary/aromatic N) is 1. The van der Waals surface area contributed by atoms with Crippen molar-refractivity contribution < 1.29 is 4.79 Å². The smallest absolute Gasteiger partial charge is 0.220 e. The summed E-state index contributed by atoms with van der Waals surface area (Å²) < 4.78 is 0. The summed E-state index contributed by atoms with van der Waals surface area (Å²) in [5.41, 5.74) is 0. The summed E-state index contributed by atoms with van der Waals surface area (Å²) in [5, 5.41) is 6.37. The van der Waals surface area contributed by atoms with Crippen LogP contribution in [-0.2, 0) is 4.79 Å². The van der Waals surface area contributed by atoms with Crippen LogP contribution in [0.25, 0.3) is 0 Å². The van der Waals surface area contributed by atoms with Gasteiger partial charge in [0.1, 0.15) is 0 Å². The molecular weight excluding hydrogens is 297 g/mol. The Morgan fingerprint density at radius 1 is 1.30 bits per heavy atom. The van der Waals surface area contributed by atoms with Crippen molar-refractivity contribution >= 4 is 30.7 Å². The van der Waals surface area contributed by atoms with Crippen molar-refractivity contribution in [3.8, 4) is 0 Å². The first-order valence-corrected chi connectivity index (χ1v) is 7.46. The average molecular weight is 328 g/mol. The predicted octanol–water partition coefficient (Wildman–Crippen LogP) is 2.07. The molecule has 1 saturated heterocycles. The lowest BCUT2D eigenvalue weighted by Crippen LogP contribution is -2.35. The number of carbonyl (C=O) groups is 1. The van der Waals surface area contributed by atoms with Crippen LogP contribution >= 0.6 is 24.8 Å². The highest BCUT2D eigenvalue weighted by Gasteiger charge is 2.15. The van der Waals surface area contributed by atoms with Crippen molar-refractivity contribution in [1.82, 2.24) is 15.5 Å². The van der Waals surface area contributed by atoms with E-state index in [1.54, 1.807) is 0 Å².